The number of nitrogens with one attached hydrogen (secondary N) is 1. The first-order valence-corrected chi connectivity index (χ1v) is 13.7. The van der Waals surface area contributed by atoms with Crippen molar-refractivity contribution in [3.63, 3.8) is 0 Å². The van der Waals surface area contributed by atoms with Gasteiger partial charge in [-0.2, -0.15) is 4.31 Å². The van der Waals surface area contributed by atoms with E-state index in [1.54, 1.807) is 30.2 Å². The molecule has 3 aromatic carbocycles. The van der Waals surface area contributed by atoms with E-state index in [9.17, 15) is 22.4 Å². The van der Waals surface area contributed by atoms with E-state index in [1.807, 2.05) is 12.1 Å². The van der Waals surface area contributed by atoms with Crippen molar-refractivity contribution in [1.82, 2.24) is 4.31 Å². The van der Waals surface area contributed by atoms with E-state index in [1.165, 1.54) is 16.4 Å². The maximum atomic E-state index is 13.3. The Hall–Kier alpha value is -3.34. The molecule has 10 heteroatoms. The van der Waals surface area contributed by atoms with Crippen LogP contribution in [0.3, 0.4) is 0 Å². The van der Waals surface area contributed by atoms with Gasteiger partial charge in [-0.15, -0.1) is 0 Å². The van der Waals surface area contributed by atoms with Crippen molar-refractivity contribution in [1.29, 1.82) is 0 Å². The summed E-state index contributed by atoms with van der Waals surface area (Å²) in [6.45, 7) is 1.42. The Morgan fingerprint density at radius 2 is 1.92 bits per heavy atom. The van der Waals surface area contributed by atoms with Gasteiger partial charge in [0.25, 0.3) is 5.91 Å². The fourth-order valence-electron chi connectivity index (χ4n) is 5.11. The molecule has 5 rings (SSSR count). The van der Waals surface area contributed by atoms with E-state index in [4.69, 9.17) is 4.74 Å². The van der Waals surface area contributed by atoms with Crippen molar-refractivity contribution in [2.24, 2.45) is 5.92 Å². The van der Waals surface area contributed by atoms with Gasteiger partial charge < -0.3 is 15.0 Å². The third-order valence-electron chi connectivity index (χ3n) is 6.98. The lowest BCUT2D eigenvalue weighted by Gasteiger charge is -2.31. The number of hydrogen-bond donors (Lipinski definition) is 1. The summed E-state index contributed by atoms with van der Waals surface area (Å²) in [4.78, 5) is 28.1. The quantitative estimate of drug-likeness (QED) is 0.449. The normalized spacial score (nSPS) is 17.9. The van der Waals surface area contributed by atoms with Crippen molar-refractivity contribution in [3.8, 4) is 0 Å². The fourth-order valence-corrected chi connectivity index (χ4v) is 6.63. The fraction of sp³-hybridized carbons (Fsp3) is 0.333. The molecule has 2 aliphatic rings. The monoisotopic (exact) mass is 525 g/mol. The lowest BCUT2D eigenvalue weighted by atomic mass is 9.98. The number of hydrogen-bond acceptors (Lipinski definition) is 5. The van der Waals surface area contributed by atoms with Crippen molar-refractivity contribution < 1.29 is 27.1 Å². The predicted octanol–water partition coefficient (Wildman–Crippen LogP) is 4.02. The van der Waals surface area contributed by atoms with E-state index >= 15 is 0 Å². The van der Waals surface area contributed by atoms with Gasteiger partial charge in [0.05, 0.1) is 16.5 Å². The SMILES string of the molecule is COCCCN1C(=O)c2cccc3c(NC(=O)C4CCCN(S(=O)(=O)c5ccc(F)cc5)C4)ccc1c23. The van der Waals surface area contributed by atoms with Crippen LogP contribution in [0.15, 0.2) is 59.5 Å². The molecule has 1 fully saturated rings. The summed E-state index contributed by atoms with van der Waals surface area (Å²) in [6, 6.07) is 13.8. The minimum atomic E-state index is -3.84. The molecule has 3 aromatic rings. The molecule has 194 valence electrons. The molecule has 2 amide bonds. The molecule has 0 aliphatic carbocycles. The van der Waals surface area contributed by atoms with Crippen LogP contribution in [0.2, 0.25) is 0 Å². The average Bonchev–Trinajstić information content (AvgIpc) is 3.18. The number of halogens is 1. The second-order valence-corrected chi connectivity index (χ2v) is 11.2. The van der Waals surface area contributed by atoms with Crippen LogP contribution < -0.4 is 10.2 Å². The maximum Gasteiger partial charge on any atom is 0.258 e. The molecule has 0 saturated carbocycles. The zero-order valence-electron chi connectivity index (χ0n) is 20.4. The van der Waals surface area contributed by atoms with Crippen LogP contribution in [0, 0.1) is 11.7 Å². The Morgan fingerprint density at radius 3 is 2.68 bits per heavy atom. The molecule has 2 aliphatic heterocycles. The number of carbonyl (C=O) groups excluding carboxylic acids is 2. The average molecular weight is 526 g/mol. The highest BCUT2D eigenvalue weighted by molar-refractivity contribution is 7.89. The standard InChI is InChI=1S/C27H28FN3O5S/c1-36-16-4-15-31-24-13-12-23(21-6-2-7-22(25(21)24)27(31)33)29-26(32)18-5-3-14-30(17-18)37(34,35)20-10-8-19(28)9-11-20/h2,6-13,18H,3-5,14-17H2,1H3,(H,29,32). The Kier molecular flexibility index (Phi) is 6.98. The summed E-state index contributed by atoms with van der Waals surface area (Å²) in [6.07, 6.45) is 1.79. The molecule has 37 heavy (non-hydrogen) atoms. The van der Waals surface area contributed by atoms with E-state index in [0.29, 0.717) is 50.2 Å². The Labute approximate surface area is 215 Å². The summed E-state index contributed by atoms with van der Waals surface area (Å²) in [5.74, 6) is -1.41. The molecular weight excluding hydrogens is 497 g/mol. The van der Waals surface area contributed by atoms with Crippen LogP contribution in [-0.4, -0.2) is 57.9 Å². The number of nitrogens with zero attached hydrogens (tertiary/aromatic N) is 2. The molecule has 0 radical (unpaired) electrons. The third kappa shape index (κ3) is 4.72. The number of piperidine rings is 1. The topological polar surface area (TPSA) is 96.0 Å². The van der Waals surface area contributed by atoms with Gasteiger partial charge in [-0.05, 0) is 61.7 Å². The van der Waals surface area contributed by atoms with E-state index in [-0.39, 0.29) is 23.3 Å². The third-order valence-corrected chi connectivity index (χ3v) is 8.86. The summed E-state index contributed by atoms with van der Waals surface area (Å²) in [5.41, 5.74) is 1.98. The van der Waals surface area contributed by atoms with Crippen LogP contribution in [0.1, 0.15) is 29.6 Å². The molecule has 1 unspecified atom stereocenters. The van der Waals surface area contributed by atoms with Crippen LogP contribution in [0.25, 0.3) is 10.8 Å². The number of benzene rings is 3. The van der Waals surface area contributed by atoms with Crippen LogP contribution in [0.4, 0.5) is 15.8 Å². The first-order chi connectivity index (χ1) is 17.8. The van der Waals surface area contributed by atoms with E-state index in [0.717, 1.165) is 28.6 Å². The number of amides is 2. The zero-order chi connectivity index (χ0) is 26.2. The summed E-state index contributed by atoms with van der Waals surface area (Å²) in [7, 11) is -2.22. The Balaban J connectivity index is 1.36. The first kappa shape index (κ1) is 25.3. The number of sulfonamides is 1. The number of rotatable bonds is 8. The van der Waals surface area contributed by atoms with Crippen LogP contribution in [0.5, 0.6) is 0 Å². The maximum absolute atomic E-state index is 13.3. The molecular formula is C27H28FN3O5S. The summed E-state index contributed by atoms with van der Waals surface area (Å²) in [5, 5.41) is 4.54. The highest BCUT2D eigenvalue weighted by Gasteiger charge is 2.34. The van der Waals surface area contributed by atoms with Crippen LogP contribution in [-0.2, 0) is 19.6 Å². The number of ether oxygens (including phenoxy) is 1. The van der Waals surface area contributed by atoms with Crippen LogP contribution >= 0.6 is 0 Å². The molecule has 0 aromatic heterocycles. The van der Waals surface area contributed by atoms with Gasteiger partial charge in [0.2, 0.25) is 15.9 Å². The minimum absolute atomic E-state index is 0.00202. The molecule has 2 heterocycles. The molecule has 1 saturated heterocycles. The smallest absolute Gasteiger partial charge is 0.258 e. The molecule has 1 N–H and O–H groups in total. The van der Waals surface area contributed by atoms with Gasteiger partial charge >= 0.3 is 0 Å². The lowest BCUT2D eigenvalue weighted by molar-refractivity contribution is -0.120. The second kappa shape index (κ2) is 10.2. The van der Waals surface area contributed by atoms with Gasteiger partial charge in [0, 0.05) is 55.4 Å². The lowest BCUT2D eigenvalue weighted by Crippen LogP contribution is -2.43. The highest BCUT2D eigenvalue weighted by atomic mass is 32.2. The molecule has 8 nitrogen and oxygen atoms in total. The van der Waals surface area contributed by atoms with Gasteiger partial charge in [-0.1, -0.05) is 12.1 Å². The van der Waals surface area contributed by atoms with Gasteiger partial charge in [-0.25, -0.2) is 12.8 Å². The predicted molar refractivity (Wildman–Crippen MR) is 139 cm³/mol. The van der Waals surface area contributed by atoms with Crippen molar-refractivity contribution >= 4 is 44.0 Å². The molecule has 0 bridgehead atoms. The number of carbonyl (C=O) groups is 2. The van der Waals surface area contributed by atoms with Gasteiger partial charge in [-0.3, -0.25) is 9.59 Å². The Morgan fingerprint density at radius 1 is 1.14 bits per heavy atom. The van der Waals surface area contributed by atoms with Crippen molar-refractivity contribution in [3.05, 3.63) is 66.0 Å². The minimum Gasteiger partial charge on any atom is -0.385 e. The van der Waals surface area contributed by atoms with E-state index < -0.39 is 21.8 Å². The number of anilines is 2. The largest absolute Gasteiger partial charge is 0.385 e. The highest BCUT2D eigenvalue weighted by Crippen LogP contribution is 2.41. The van der Waals surface area contributed by atoms with Gasteiger partial charge in [0.15, 0.2) is 0 Å². The van der Waals surface area contributed by atoms with Crippen molar-refractivity contribution in [2.75, 3.05) is 43.6 Å². The van der Waals surface area contributed by atoms with Crippen molar-refractivity contribution in [2.45, 2.75) is 24.2 Å². The summed E-state index contributed by atoms with van der Waals surface area (Å²) >= 11 is 0. The Bertz CT molecular complexity index is 1460. The second-order valence-electron chi connectivity index (χ2n) is 9.31. The molecule has 0 spiro atoms. The summed E-state index contributed by atoms with van der Waals surface area (Å²) < 4.78 is 45.8. The zero-order valence-corrected chi connectivity index (χ0v) is 21.3. The van der Waals surface area contributed by atoms with Gasteiger partial charge in [0.1, 0.15) is 5.82 Å². The molecule has 1 atom stereocenters. The number of methoxy groups -OCH3 is 1. The first-order valence-electron chi connectivity index (χ1n) is 12.2. The van der Waals surface area contributed by atoms with E-state index in [2.05, 4.69) is 5.32 Å².